The van der Waals surface area contributed by atoms with Crippen LogP contribution in [0.25, 0.3) is 11.2 Å². The molecule has 1 aliphatic carbocycles. The summed E-state index contributed by atoms with van der Waals surface area (Å²) < 4.78 is 15.4. The zero-order chi connectivity index (χ0) is 20.0. The van der Waals surface area contributed by atoms with Gasteiger partial charge in [0.15, 0.2) is 11.2 Å². The van der Waals surface area contributed by atoms with Crippen LogP contribution in [0.4, 0.5) is 0 Å². The molecule has 29 heavy (non-hydrogen) atoms. The lowest BCUT2D eigenvalue weighted by atomic mass is 9.89. The minimum absolute atomic E-state index is 0.0197. The number of hydrogen-bond acceptors (Lipinski definition) is 7. The van der Waals surface area contributed by atoms with E-state index in [1.54, 1.807) is 11.6 Å². The lowest BCUT2D eigenvalue weighted by Crippen LogP contribution is -2.39. The van der Waals surface area contributed by atoms with Crippen molar-refractivity contribution in [3.63, 3.8) is 0 Å². The van der Waals surface area contributed by atoms with Crippen LogP contribution in [0.1, 0.15) is 24.8 Å². The number of benzene rings is 1. The van der Waals surface area contributed by atoms with Crippen LogP contribution in [0.3, 0.4) is 0 Å². The molecule has 0 unspecified atom stereocenters. The van der Waals surface area contributed by atoms with Gasteiger partial charge in [-0.2, -0.15) is 4.68 Å². The Morgan fingerprint density at radius 3 is 2.69 bits per heavy atom. The van der Waals surface area contributed by atoms with Crippen molar-refractivity contribution in [3.05, 3.63) is 69.8 Å². The smallest absolute Gasteiger partial charge is 0.437 e. The molecule has 3 aromatic heterocycles. The lowest BCUT2D eigenvalue weighted by molar-refractivity contribution is 0.0616. The summed E-state index contributed by atoms with van der Waals surface area (Å²) in [4.78, 5) is 33.0. The van der Waals surface area contributed by atoms with Gasteiger partial charge in [0, 0.05) is 19.9 Å². The number of aromatic nitrogens is 6. The summed E-state index contributed by atoms with van der Waals surface area (Å²) in [6.07, 6.45) is 4.28. The van der Waals surface area contributed by atoms with Crippen LogP contribution >= 0.6 is 0 Å². The third kappa shape index (κ3) is 3.12. The van der Waals surface area contributed by atoms with Crippen LogP contribution in [0.2, 0.25) is 0 Å². The monoisotopic (exact) mass is 394 g/mol. The van der Waals surface area contributed by atoms with Crippen LogP contribution < -0.4 is 16.1 Å². The van der Waals surface area contributed by atoms with Crippen molar-refractivity contribution < 1.29 is 9.15 Å². The molecule has 10 heteroatoms. The average molecular weight is 394 g/mol. The summed E-state index contributed by atoms with van der Waals surface area (Å²) in [7, 11) is 1.72. The second-order valence-electron chi connectivity index (χ2n) is 7.09. The number of ether oxygens (including phenoxy) is 1. The average Bonchev–Trinajstić information content (AvgIpc) is 3.24. The Morgan fingerprint density at radius 1 is 1.14 bits per heavy atom. The molecule has 10 nitrogen and oxygen atoms in total. The number of hydrogen-bond donors (Lipinski definition) is 0. The van der Waals surface area contributed by atoms with Crippen LogP contribution in [0.15, 0.2) is 57.0 Å². The fourth-order valence-electron chi connectivity index (χ4n) is 3.48. The highest BCUT2D eigenvalue weighted by Crippen LogP contribution is 2.34. The molecule has 0 radical (unpaired) electrons. The van der Waals surface area contributed by atoms with Gasteiger partial charge in [0.25, 0.3) is 5.56 Å². The van der Waals surface area contributed by atoms with Crippen LogP contribution in [0, 0.1) is 0 Å². The quantitative estimate of drug-likeness (QED) is 0.499. The number of nitrogens with zero attached hydrogens (tertiary/aromatic N) is 6. The summed E-state index contributed by atoms with van der Waals surface area (Å²) in [6.45, 7) is 0.0197. The van der Waals surface area contributed by atoms with E-state index in [2.05, 4.69) is 15.1 Å². The molecule has 148 valence electrons. The zero-order valence-electron chi connectivity index (χ0n) is 15.6. The zero-order valence-corrected chi connectivity index (χ0v) is 15.6. The minimum atomic E-state index is -0.536. The number of fused-ring (bicyclic) bond motifs is 1. The first kappa shape index (κ1) is 17.4. The van der Waals surface area contributed by atoms with Gasteiger partial charge < -0.3 is 13.7 Å². The summed E-state index contributed by atoms with van der Waals surface area (Å²) >= 11 is 0. The SMILES string of the molecule is Cn1cnc2ncn(Cc3nn(C4CC(Oc5ccccc5)C4)c(=O)o3)c(=O)c21. The van der Waals surface area contributed by atoms with E-state index in [-0.39, 0.29) is 30.1 Å². The van der Waals surface area contributed by atoms with E-state index >= 15 is 0 Å². The van der Waals surface area contributed by atoms with Crippen molar-refractivity contribution >= 4 is 11.2 Å². The van der Waals surface area contributed by atoms with Gasteiger partial charge in [-0.3, -0.25) is 9.36 Å². The molecule has 0 aliphatic heterocycles. The predicted molar refractivity (Wildman–Crippen MR) is 102 cm³/mol. The highest BCUT2D eigenvalue weighted by molar-refractivity contribution is 5.68. The van der Waals surface area contributed by atoms with Crippen LogP contribution in [-0.4, -0.2) is 35.0 Å². The molecule has 0 saturated heterocycles. The number of aryl methyl sites for hydroxylation is 1. The van der Waals surface area contributed by atoms with Crippen LogP contribution in [0.5, 0.6) is 5.75 Å². The van der Waals surface area contributed by atoms with Gasteiger partial charge in [-0.1, -0.05) is 18.2 Å². The minimum Gasteiger partial charge on any atom is -0.490 e. The molecule has 3 heterocycles. The van der Waals surface area contributed by atoms with Gasteiger partial charge in [0.05, 0.1) is 12.4 Å². The van der Waals surface area contributed by atoms with Gasteiger partial charge >= 0.3 is 5.76 Å². The topological polar surface area (TPSA) is 110 Å². The van der Waals surface area contributed by atoms with Crippen molar-refractivity contribution in [1.29, 1.82) is 0 Å². The maximum absolute atomic E-state index is 12.6. The predicted octanol–water partition coefficient (Wildman–Crippen LogP) is 1.11. The van der Waals surface area contributed by atoms with E-state index in [4.69, 9.17) is 9.15 Å². The molecule has 1 aromatic carbocycles. The summed E-state index contributed by atoms with van der Waals surface area (Å²) in [5, 5.41) is 4.27. The van der Waals surface area contributed by atoms with Crippen molar-refractivity contribution in [2.45, 2.75) is 31.5 Å². The standard InChI is InChI=1S/C19H18N6O4/c1-23-10-20-17-16(23)18(26)24(11-21-17)9-15-22-25(19(27)29-15)12-7-14(8-12)28-13-5-3-2-4-6-13/h2-6,10-12,14H,7-9H2,1H3. The number of imidazole rings is 1. The maximum Gasteiger partial charge on any atom is 0.437 e. The van der Waals surface area contributed by atoms with E-state index in [0.29, 0.717) is 24.0 Å². The second kappa shape index (κ2) is 6.73. The third-order valence-electron chi connectivity index (χ3n) is 5.08. The largest absolute Gasteiger partial charge is 0.490 e. The van der Waals surface area contributed by atoms with Crippen molar-refractivity contribution in [1.82, 2.24) is 28.9 Å². The first-order chi connectivity index (χ1) is 14.1. The fraction of sp³-hybridized carbons (Fsp3) is 0.316. The third-order valence-corrected chi connectivity index (χ3v) is 5.08. The highest BCUT2D eigenvalue weighted by Gasteiger charge is 2.35. The van der Waals surface area contributed by atoms with E-state index in [1.165, 1.54) is 21.9 Å². The molecular formula is C19H18N6O4. The molecule has 5 rings (SSSR count). The second-order valence-corrected chi connectivity index (χ2v) is 7.09. The van der Waals surface area contributed by atoms with Gasteiger partial charge in [-0.25, -0.2) is 14.8 Å². The molecule has 0 amide bonds. The van der Waals surface area contributed by atoms with Gasteiger partial charge in [-0.05, 0) is 12.1 Å². The van der Waals surface area contributed by atoms with Crippen molar-refractivity contribution in [3.8, 4) is 5.75 Å². The number of rotatable bonds is 5. The summed E-state index contributed by atoms with van der Waals surface area (Å²) in [6, 6.07) is 9.49. The summed E-state index contributed by atoms with van der Waals surface area (Å²) in [5.41, 5.74) is 0.487. The van der Waals surface area contributed by atoms with E-state index in [0.717, 1.165) is 5.75 Å². The van der Waals surface area contributed by atoms with Crippen molar-refractivity contribution in [2.75, 3.05) is 0 Å². The van der Waals surface area contributed by atoms with Gasteiger partial charge in [-0.15, -0.1) is 5.10 Å². The fourth-order valence-corrected chi connectivity index (χ4v) is 3.48. The summed E-state index contributed by atoms with van der Waals surface area (Å²) in [5.74, 6) is 0.431. The lowest BCUT2D eigenvalue weighted by Gasteiger charge is -2.34. The normalized spacial score (nSPS) is 18.7. The Labute approximate surface area is 164 Å². The van der Waals surface area contributed by atoms with Gasteiger partial charge in [0.2, 0.25) is 5.89 Å². The molecule has 0 N–H and O–H groups in total. The molecule has 1 saturated carbocycles. The van der Waals surface area contributed by atoms with E-state index in [9.17, 15) is 9.59 Å². The van der Waals surface area contributed by atoms with E-state index < -0.39 is 5.76 Å². The van der Waals surface area contributed by atoms with Crippen molar-refractivity contribution in [2.24, 2.45) is 7.05 Å². The Morgan fingerprint density at radius 2 is 1.90 bits per heavy atom. The molecule has 0 spiro atoms. The Kier molecular flexibility index (Phi) is 4.04. The molecular weight excluding hydrogens is 376 g/mol. The molecule has 4 aromatic rings. The molecule has 1 aliphatic rings. The maximum atomic E-state index is 12.6. The molecule has 0 bridgehead atoms. The number of para-hydroxylation sites is 1. The Hall–Kier alpha value is -3.69. The Balaban J connectivity index is 1.30. The molecule has 0 atom stereocenters. The highest BCUT2D eigenvalue weighted by atomic mass is 16.5. The first-order valence-corrected chi connectivity index (χ1v) is 9.25. The Bertz CT molecular complexity index is 1280. The molecule has 1 fully saturated rings. The first-order valence-electron chi connectivity index (χ1n) is 9.25. The van der Waals surface area contributed by atoms with E-state index in [1.807, 2.05) is 30.3 Å². The van der Waals surface area contributed by atoms with Crippen LogP contribution in [-0.2, 0) is 13.6 Å². The van der Waals surface area contributed by atoms with Gasteiger partial charge in [0.1, 0.15) is 24.7 Å².